The van der Waals surface area contributed by atoms with E-state index < -0.39 is 328 Å². The fourth-order valence-corrected chi connectivity index (χ4v) is 11.6. The van der Waals surface area contributed by atoms with Crippen LogP contribution in [-0.4, -0.2) is 245 Å². The van der Waals surface area contributed by atoms with Crippen LogP contribution in [0.4, 0.5) is 0 Å². The maximum absolute atomic E-state index is 15.3. The molecule has 5 heterocycles. The van der Waals surface area contributed by atoms with Gasteiger partial charge in [-0.15, -0.1) is 0 Å². The van der Waals surface area contributed by atoms with Gasteiger partial charge in [0.15, 0.2) is 122 Å². The summed E-state index contributed by atoms with van der Waals surface area (Å²) in [5.74, 6) is -53.7. The number of phenols is 22. The summed E-state index contributed by atoms with van der Waals surface area (Å²) in [6.07, 6.45) is -27.1. The Morgan fingerprint density at radius 2 is 0.714 bits per heavy atom. The number of fused-ring (bicyclic) bond motifs is 10. The molecule has 0 radical (unpaired) electrons. The molecule has 24 N–H and O–H groups in total. The molecule has 2 fully saturated rings. The molecular weight excluding hydrogens is 1520 g/mol. The van der Waals surface area contributed by atoms with Crippen molar-refractivity contribution in [1.82, 2.24) is 0 Å². The van der Waals surface area contributed by atoms with Crippen LogP contribution >= 0.6 is 0 Å². The quantitative estimate of drug-likeness (QED) is 0.0667. The second-order valence-corrected chi connectivity index (χ2v) is 24.1. The molecule has 0 amide bonds. The number of carbonyl (C=O) groups excluding carboxylic acids is 8. The predicted molar refractivity (Wildman–Crippen MR) is 345 cm³/mol. The number of aliphatic hydroxyl groups excluding tert-OH is 2. The van der Waals surface area contributed by atoms with Gasteiger partial charge in [0.2, 0.25) is 70.8 Å². The number of aromatic hydroxyl groups is 22. The maximum Gasteiger partial charge on any atom is 0.342 e. The van der Waals surface area contributed by atoms with Crippen molar-refractivity contribution in [1.29, 1.82) is 0 Å². The predicted octanol–water partition coefficient (Wildman–Crippen LogP) is 2.19. The zero-order chi connectivity index (χ0) is 81.6. The van der Waals surface area contributed by atoms with Gasteiger partial charge in [0.05, 0.1) is 40.0 Å². The van der Waals surface area contributed by atoms with Crippen molar-refractivity contribution in [3.05, 3.63) is 117 Å². The van der Waals surface area contributed by atoms with Crippen molar-refractivity contribution >= 4 is 47.8 Å². The Morgan fingerprint density at radius 3 is 1.19 bits per heavy atom. The summed E-state index contributed by atoms with van der Waals surface area (Å²) in [7, 11) is 0. The van der Waals surface area contributed by atoms with Gasteiger partial charge >= 0.3 is 47.8 Å². The van der Waals surface area contributed by atoms with Crippen LogP contribution in [-0.2, 0) is 47.4 Å². The molecule has 586 valence electrons. The fourth-order valence-electron chi connectivity index (χ4n) is 11.6. The van der Waals surface area contributed by atoms with Gasteiger partial charge in [-0.1, -0.05) is 0 Å². The summed E-state index contributed by atoms with van der Waals surface area (Å²) in [5.41, 5.74) is -12.0. The van der Waals surface area contributed by atoms with Gasteiger partial charge < -0.3 is 179 Å². The highest BCUT2D eigenvalue weighted by Gasteiger charge is 2.57. The molecule has 8 aromatic rings. The number of hydrogen-bond acceptors (Lipinski definition) is 44. The molecular formula is C68H50O44. The zero-order valence-electron chi connectivity index (χ0n) is 55.0. The maximum atomic E-state index is 15.3. The van der Waals surface area contributed by atoms with Crippen LogP contribution < -0.4 is 9.47 Å². The Balaban J connectivity index is 1.06. The van der Waals surface area contributed by atoms with Crippen LogP contribution in [0.3, 0.4) is 0 Å². The number of rotatable bonds is 5. The van der Waals surface area contributed by atoms with E-state index in [0.29, 0.717) is 42.5 Å². The number of ether oxygens (including phenoxy) is 12. The molecule has 0 aliphatic carbocycles. The van der Waals surface area contributed by atoms with E-state index in [2.05, 4.69) is 0 Å². The Labute approximate surface area is 616 Å². The van der Waals surface area contributed by atoms with Crippen molar-refractivity contribution in [3.63, 3.8) is 0 Å². The second kappa shape index (κ2) is 28.7. The summed E-state index contributed by atoms with van der Waals surface area (Å²) in [4.78, 5) is 117. The standard InChI is InChI=1S/C68H50O44/c69-13-35-46(88)55(107-59(93)15-1-23(70)39(81)24(71)2-15)57-67(103-35)112-62(96)18-5-27(74)41(83)34(8-18)102-51-21(11-30(77)44(86)49(51)91)65(99)110-58-56(108-60(94)16-3-25(72)40(82)26(73)4-16)54-36(14-101-63(97)19-9-28(75)42(84)47(89)37(19)38-20(64(98)106-54)10-29(76)43(85)48(38)90)104-68(58)111-61(95)17-6-32(79)53(33(80)7-17)105-52-22(66(100)109-57)12-31(78)45(87)50(52)92/h1-12,35-36,46,54-58,67-92H,13-14H2/t35-,36?,46?,54-,55?,56?,57-,58+,67?,68+/m1/s1. The number of hydrogen-bond donors (Lipinski definition) is 24. The van der Waals surface area contributed by atoms with E-state index in [9.17, 15) is 151 Å². The zero-order valence-corrected chi connectivity index (χ0v) is 55.0. The Hall–Kier alpha value is -15.4. The minimum absolute atomic E-state index is 0.158. The van der Waals surface area contributed by atoms with Gasteiger partial charge in [-0.25, -0.2) is 38.4 Å². The van der Waals surface area contributed by atoms with Gasteiger partial charge in [0, 0.05) is 23.3 Å². The monoisotopic (exact) mass is 1570 g/mol. The number of aliphatic hydroxyl groups is 2. The molecule has 5 unspecified atom stereocenters. The van der Waals surface area contributed by atoms with Gasteiger partial charge in [-0.3, -0.25) is 0 Å². The highest BCUT2D eigenvalue weighted by molar-refractivity contribution is 6.09. The molecule has 5 aliphatic heterocycles. The third-order valence-corrected chi connectivity index (χ3v) is 17.1. The summed E-state index contributed by atoms with van der Waals surface area (Å²) >= 11 is 0. The minimum atomic E-state index is -3.05. The van der Waals surface area contributed by atoms with Crippen molar-refractivity contribution in [3.8, 4) is 161 Å². The van der Waals surface area contributed by atoms with Crippen LogP contribution in [0.5, 0.6) is 149 Å². The number of carbonyl (C=O) groups is 8. The molecule has 5 aliphatic rings. The average Bonchev–Trinajstić information content (AvgIpc) is 1.20. The highest BCUT2D eigenvalue weighted by Crippen LogP contribution is 2.56. The van der Waals surface area contributed by atoms with E-state index in [-0.39, 0.29) is 30.3 Å². The smallest absolute Gasteiger partial charge is 0.342 e. The van der Waals surface area contributed by atoms with E-state index >= 15 is 9.59 Å². The lowest BCUT2D eigenvalue weighted by atomic mass is 9.92. The van der Waals surface area contributed by atoms with Crippen molar-refractivity contribution in [2.24, 2.45) is 0 Å². The summed E-state index contributed by atoms with van der Waals surface area (Å²) in [6.45, 7) is -2.89. The van der Waals surface area contributed by atoms with E-state index in [4.69, 9.17) is 56.8 Å². The van der Waals surface area contributed by atoms with E-state index in [1.54, 1.807) is 0 Å². The molecule has 2 saturated heterocycles. The number of cyclic esters (lactones) is 1. The lowest BCUT2D eigenvalue weighted by Crippen LogP contribution is -2.63. The van der Waals surface area contributed by atoms with Crippen LogP contribution in [0.15, 0.2) is 72.8 Å². The third kappa shape index (κ3) is 13.5. The first-order valence-electron chi connectivity index (χ1n) is 31.1. The topological polar surface area (TPSA) is 733 Å². The normalized spacial score (nSPS) is 21.2. The first-order valence-corrected chi connectivity index (χ1v) is 31.1. The van der Waals surface area contributed by atoms with Crippen LogP contribution in [0.25, 0.3) is 11.1 Å². The number of benzene rings is 8. The molecule has 112 heavy (non-hydrogen) atoms. The van der Waals surface area contributed by atoms with E-state index in [1.807, 2.05) is 0 Å². The first-order chi connectivity index (χ1) is 52.8. The minimum Gasteiger partial charge on any atom is -0.504 e. The summed E-state index contributed by atoms with van der Waals surface area (Å²) < 4.78 is 67.6. The molecule has 4 bridgehead atoms. The van der Waals surface area contributed by atoms with Crippen molar-refractivity contribution < 1.29 is 218 Å². The lowest BCUT2D eigenvalue weighted by Gasteiger charge is -2.43. The van der Waals surface area contributed by atoms with Crippen LogP contribution in [0, 0.1) is 0 Å². The molecule has 0 spiro atoms. The molecule has 44 nitrogen and oxygen atoms in total. The van der Waals surface area contributed by atoms with E-state index in [1.165, 1.54) is 0 Å². The molecule has 0 aromatic heterocycles. The highest BCUT2D eigenvalue weighted by atomic mass is 16.8. The fraction of sp³-hybridized carbons (Fsp3) is 0.176. The van der Waals surface area contributed by atoms with Gasteiger partial charge in [-0.05, 0) is 60.7 Å². The van der Waals surface area contributed by atoms with Gasteiger partial charge in [0.25, 0.3) is 0 Å². The molecule has 8 aromatic carbocycles. The Kier molecular flexibility index (Phi) is 19.5. The Morgan fingerprint density at radius 1 is 0.348 bits per heavy atom. The van der Waals surface area contributed by atoms with Crippen molar-refractivity contribution in [2.45, 2.75) is 61.4 Å². The van der Waals surface area contributed by atoms with Gasteiger partial charge in [-0.2, -0.15) is 0 Å². The second-order valence-electron chi connectivity index (χ2n) is 24.1. The SMILES string of the molecule is O=C1OC2O[C@H](CO)C(O)C(OC(=O)c3cc(O)c(O)c(O)c3)[C@H]2OC(=O)c2cc(O)c(O)c(O)c2Oc2c(O)cc(cc2O)C(=O)O[C@@H]2OC3COC(=O)c4cc(O)c(O)c(O)c4-c4c(cc(O)c(O)c4O)C(=O)O[C@H]3C(OC(=O)c3cc(O)c(O)c(O)c3)[C@@H]2OC(=O)c2cc(O)c(O)c(O)c2Oc2cc1cc(O)c2O. The molecule has 13 rings (SSSR count). The number of phenolic OH excluding ortho intramolecular Hbond substituents is 22. The molecule has 44 heteroatoms. The lowest BCUT2D eigenvalue weighted by molar-refractivity contribution is -0.283. The van der Waals surface area contributed by atoms with Crippen molar-refractivity contribution in [2.75, 3.05) is 13.2 Å². The molecule has 10 atom stereocenters. The third-order valence-electron chi connectivity index (χ3n) is 17.1. The summed E-state index contributed by atoms with van der Waals surface area (Å²) in [5, 5.41) is 262. The first kappa shape index (κ1) is 76.2. The van der Waals surface area contributed by atoms with Crippen LogP contribution in [0.1, 0.15) is 82.9 Å². The number of esters is 8. The average molecular weight is 1570 g/mol. The molecule has 0 saturated carbocycles. The van der Waals surface area contributed by atoms with Gasteiger partial charge in [0.1, 0.15) is 36.0 Å². The largest absolute Gasteiger partial charge is 0.504 e. The van der Waals surface area contributed by atoms with E-state index in [0.717, 1.165) is 0 Å². The summed E-state index contributed by atoms with van der Waals surface area (Å²) in [6, 6.07) is 4.03. The Bertz CT molecular complexity index is 5290. The van der Waals surface area contributed by atoms with Crippen LogP contribution in [0.2, 0.25) is 0 Å².